The summed E-state index contributed by atoms with van der Waals surface area (Å²) in [6.45, 7) is -0.0595. The maximum Gasteiger partial charge on any atom is 0.246 e. The van der Waals surface area contributed by atoms with Crippen LogP contribution in [-0.2, 0) is 0 Å². The highest BCUT2D eigenvalue weighted by Crippen LogP contribution is 2.24. The average Bonchev–Trinajstić information content (AvgIpc) is 2.29. The van der Waals surface area contributed by atoms with Crippen LogP contribution in [0.4, 0.5) is 8.78 Å². The molecule has 1 heterocycles. The summed E-state index contributed by atoms with van der Waals surface area (Å²) in [5.74, 6) is -0.911. The molecule has 0 radical (unpaired) electrons. The number of halogens is 2. The minimum atomic E-state index is -2.44. The second-order valence-corrected chi connectivity index (χ2v) is 3.63. The van der Waals surface area contributed by atoms with E-state index in [4.69, 9.17) is 5.73 Å². The van der Waals surface area contributed by atoms with Crippen LogP contribution in [0.2, 0.25) is 0 Å². The summed E-state index contributed by atoms with van der Waals surface area (Å²) in [6.07, 6.45) is -0.794. The molecule has 0 aliphatic rings. The van der Waals surface area contributed by atoms with Crippen molar-refractivity contribution in [2.75, 3.05) is 6.54 Å². The van der Waals surface area contributed by atoms with E-state index in [9.17, 15) is 8.78 Å². The first-order valence-corrected chi connectivity index (χ1v) is 5.05. The molecular formula is C12H12F2N2. The Balaban J connectivity index is 2.45. The first-order chi connectivity index (χ1) is 7.72. The maximum absolute atomic E-state index is 12.7. The molecule has 0 bridgehead atoms. The van der Waals surface area contributed by atoms with Gasteiger partial charge in [0.25, 0.3) is 0 Å². The van der Waals surface area contributed by atoms with E-state index in [-0.39, 0.29) is 6.54 Å². The number of rotatable bonds is 3. The first-order valence-electron chi connectivity index (χ1n) is 5.05. The summed E-state index contributed by atoms with van der Waals surface area (Å²) in [6, 6.07) is 8.87. The quantitative estimate of drug-likeness (QED) is 0.866. The molecule has 2 rings (SSSR count). The molecule has 0 aliphatic heterocycles. The van der Waals surface area contributed by atoms with Gasteiger partial charge in [0.2, 0.25) is 6.43 Å². The number of fused-ring (bicyclic) bond motifs is 1. The van der Waals surface area contributed by atoms with Crippen molar-refractivity contribution in [2.45, 2.75) is 12.3 Å². The first kappa shape index (κ1) is 11.0. The fraction of sp³-hybridized carbons (Fsp3) is 0.250. The highest BCUT2D eigenvalue weighted by Gasteiger charge is 2.20. The monoisotopic (exact) mass is 222 g/mol. The van der Waals surface area contributed by atoms with Crippen molar-refractivity contribution in [3.05, 3.63) is 42.1 Å². The number of hydrogen-bond acceptors (Lipinski definition) is 2. The van der Waals surface area contributed by atoms with Gasteiger partial charge in [-0.05, 0) is 17.7 Å². The molecule has 2 aromatic rings. The SMILES string of the molecule is NCC(c1ccc2cccnc2c1)C(F)F. The van der Waals surface area contributed by atoms with E-state index >= 15 is 0 Å². The molecule has 2 nitrogen and oxygen atoms in total. The van der Waals surface area contributed by atoms with Gasteiger partial charge in [0.05, 0.1) is 11.4 Å². The van der Waals surface area contributed by atoms with Gasteiger partial charge < -0.3 is 5.73 Å². The van der Waals surface area contributed by atoms with E-state index < -0.39 is 12.3 Å². The molecule has 0 aliphatic carbocycles. The summed E-state index contributed by atoms with van der Waals surface area (Å²) < 4.78 is 25.4. The van der Waals surface area contributed by atoms with Crippen molar-refractivity contribution in [2.24, 2.45) is 5.73 Å². The van der Waals surface area contributed by atoms with Gasteiger partial charge in [-0.2, -0.15) is 0 Å². The van der Waals surface area contributed by atoms with Crippen LogP contribution in [0.15, 0.2) is 36.5 Å². The second kappa shape index (κ2) is 4.53. The van der Waals surface area contributed by atoms with Crippen LogP contribution in [0.5, 0.6) is 0 Å². The maximum atomic E-state index is 12.7. The molecule has 1 aromatic carbocycles. The smallest absolute Gasteiger partial charge is 0.246 e. The Bertz CT molecular complexity index is 485. The molecule has 0 spiro atoms. The van der Waals surface area contributed by atoms with Crippen molar-refractivity contribution in [1.29, 1.82) is 0 Å². The van der Waals surface area contributed by atoms with Crippen LogP contribution in [0, 0.1) is 0 Å². The number of benzene rings is 1. The summed E-state index contributed by atoms with van der Waals surface area (Å²) >= 11 is 0. The Morgan fingerprint density at radius 2 is 2.06 bits per heavy atom. The molecule has 0 saturated carbocycles. The zero-order valence-electron chi connectivity index (χ0n) is 8.61. The van der Waals surface area contributed by atoms with E-state index in [2.05, 4.69) is 4.98 Å². The predicted octanol–water partition coefficient (Wildman–Crippen LogP) is 2.54. The highest BCUT2D eigenvalue weighted by atomic mass is 19.3. The van der Waals surface area contributed by atoms with Gasteiger partial charge in [0.15, 0.2) is 0 Å². The molecule has 0 saturated heterocycles. The van der Waals surface area contributed by atoms with E-state index in [0.29, 0.717) is 5.56 Å². The number of nitrogens with two attached hydrogens (primary N) is 1. The minimum Gasteiger partial charge on any atom is -0.330 e. The average molecular weight is 222 g/mol. The third kappa shape index (κ3) is 2.02. The fourth-order valence-corrected chi connectivity index (χ4v) is 1.70. The molecule has 1 unspecified atom stereocenters. The summed E-state index contributed by atoms with van der Waals surface area (Å²) in [5.41, 5.74) is 6.62. The van der Waals surface area contributed by atoms with Crippen LogP contribution in [0.3, 0.4) is 0 Å². The van der Waals surface area contributed by atoms with Crippen molar-refractivity contribution in [3.8, 4) is 0 Å². The van der Waals surface area contributed by atoms with Crippen LogP contribution in [-0.4, -0.2) is 18.0 Å². The molecule has 84 valence electrons. The van der Waals surface area contributed by atoms with Crippen molar-refractivity contribution < 1.29 is 8.78 Å². The molecule has 16 heavy (non-hydrogen) atoms. The normalized spacial score (nSPS) is 13.2. The number of pyridine rings is 1. The minimum absolute atomic E-state index is 0.0595. The van der Waals surface area contributed by atoms with Crippen molar-refractivity contribution >= 4 is 10.9 Å². The lowest BCUT2D eigenvalue weighted by atomic mass is 9.98. The summed E-state index contributed by atoms with van der Waals surface area (Å²) in [7, 11) is 0. The Kier molecular flexibility index (Phi) is 3.10. The number of nitrogens with zero attached hydrogens (tertiary/aromatic N) is 1. The van der Waals surface area contributed by atoms with Gasteiger partial charge in [-0.25, -0.2) is 8.78 Å². The molecule has 1 aromatic heterocycles. The van der Waals surface area contributed by atoms with Crippen LogP contribution >= 0.6 is 0 Å². The summed E-state index contributed by atoms with van der Waals surface area (Å²) in [4.78, 5) is 4.13. The molecule has 4 heteroatoms. The van der Waals surface area contributed by atoms with Gasteiger partial charge in [-0.3, -0.25) is 4.98 Å². The molecule has 0 amide bonds. The lowest BCUT2D eigenvalue weighted by molar-refractivity contribution is 0.117. The third-order valence-corrected chi connectivity index (χ3v) is 2.62. The van der Waals surface area contributed by atoms with Gasteiger partial charge in [-0.15, -0.1) is 0 Å². The number of aromatic nitrogens is 1. The lowest BCUT2D eigenvalue weighted by Crippen LogP contribution is -2.19. The standard InChI is InChI=1S/C12H12F2N2/c13-12(14)10(7-15)9-4-3-8-2-1-5-16-11(8)6-9/h1-6,10,12H,7,15H2. The van der Waals surface area contributed by atoms with Crippen LogP contribution < -0.4 is 5.73 Å². The second-order valence-electron chi connectivity index (χ2n) is 3.63. The number of alkyl halides is 2. The molecule has 1 atom stereocenters. The Morgan fingerprint density at radius 3 is 2.75 bits per heavy atom. The van der Waals surface area contributed by atoms with Gasteiger partial charge >= 0.3 is 0 Å². The van der Waals surface area contributed by atoms with E-state index in [0.717, 1.165) is 10.9 Å². The van der Waals surface area contributed by atoms with Crippen LogP contribution in [0.25, 0.3) is 10.9 Å². The zero-order valence-corrected chi connectivity index (χ0v) is 8.61. The van der Waals surface area contributed by atoms with Crippen molar-refractivity contribution in [3.63, 3.8) is 0 Å². The van der Waals surface area contributed by atoms with Crippen molar-refractivity contribution in [1.82, 2.24) is 4.98 Å². The lowest BCUT2D eigenvalue weighted by Gasteiger charge is -2.14. The Hall–Kier alpha value is -1.55. The third-order valence-electron chi connectivity index (χ3n) is 2.62. The van der Waals surface area contributed by atoms with Gasteiger partial charge in [0.1, 0.15) is 0 Å². The predicted molar refractivity (Wildman–Crippen MR) is 59.5 cm³/mol. The van der Waals surface area contributed by atoms with E-state index in [1.165, 1.54) is 0 Å². The highest BCUT2D eigenvalue weighted by molar-refractivity contribution is 5.79. The largest absolute Gasteiger partial charge is 0.330 e. The van der Waals surface area contributed by atoms with Gasteiger partial charge in [0, 0.05) is 18.1 Å². The van der Waals surface area contributed by atoms with Crippen LogP contribution in [0.1, 0.15) is 11.5 Å². The summed E-state index contributed by atoms with van der Waals surface area (Å²) in [5, 5.41) is 0.941. The van der Waals surface area contributed by atoms with E-state index in [1.807, 2.05) is 12.1 Å². The fourth-order valence-electron chi connectivity index (χ4n) is 1.70. The molecule has 0 fully saturated rings. The Morgan fingerprint density at radius 1 is 1.25 bits per heavy atom. The molecular weight excluding hydrogens is 210 g/mol. The Labute approximate surface area is 92.1 Å². The van der Waals surface area contributed by atoms with E-state index in [1.54, 1.807) is 24.4 Å². The van der Waals surface area contributed by atoms with Gasteiger partial charge in [-0.1, -0.05) is 18.2 Å². The topological polar surface area (TPSA) is 38.9 Å². The molecule has 2 N–H and O–H groups in total. The number of hydrogen-bond donors (Lipinski definition) is 1. The zero-order chi connectivity index (χ0) is 11.5.